The number of rotatable bonds is 4. The fraction of sp³-hybridized carbons (Fsp3) is 0.368. The molecule has 4 rings (SSSR count). The maximum absolute atomic E-state index is 12.4. The smallest absolute Gasteiger partial charge is 0.223 e. The maximum atomic E-state index is 12.4. The Kier molecular flexibility index (Phi) is 4.44. The van der Waals surface area contributed by atoms with Gasteiger partial charge in [0.15, 0.2) is 17.3 Å². The summed E-state index contributed by atoms with van der Waals surface area (Å²) in [5.41, 5.74) is 1.80. The van der Waals surface area contributed by atoms with Crippen LogP contribution in [-0.4, -0.2) is 36.3 Å². The van der Waals surface area contributed by atoms with E-state index in [0.717, 1.165) is 13.0 Å². The van der Waals surface area contributed by atoms with Gasteiger partial charge < -0.3 is 14.4 Å². The molecule has 0 bridgehead atoms. The lowest BCUT2D eigenvalue weighted by Gasteiger charge is -2.27. The Balaban J connectivity index is 1.35. The number of ketones is 1. The van der Waals surface area contributed by atoms with Gasteiger partial charge in [0.2, 0.25) is 5.91 Å². The van der Waals surface area contributed by atoms with E-state index in [1.54, 1.807) is 29.5 Å². The van der Waals surface area contributed by atoms with Crippen molar-refractivity contribution < 1.29 is 19.1 Å². The van der Waals surface area contributed by atoms with Crippen LogP contribution in [0.15, 0.2) is 29.6 Å². The molecule has 0 saturated heterocycles. The van der Waals surface area contributed by atoms with Crippen LogP contribution >= 0.6 is 11.3 Å². The number of nitrogens with zero attached hydrogens (tertiary/aromatic N) is 1. The standard InChI is InChI=1S/C19H19NO4S/c21-15(13-1-3-16-17(11-13)24-9-8-23-16)2-4-19(22)20-7-5-18-14(12-20)6-10-25-18/h1,3,6,10-11H,2,4-5,7-9,12H2. The van der Waals surface area contributed by atoms with E-state index in [-0.39, 0.29) is 24.5 Å². The SMILES string of the molecule is O=C(CCC(=O)N1CCc2sccc2C1)c1ccc2c(c1)OCCO2. The summed E-state index contributed by atoms with van der Waals surface area (Å²) < 4.78 is 11.0. The van der Waals surface area contributed by atoms with Crippen molar-refractivity contribution in [1.29, 1.82) is 0 Å². The number of hydrogen-bond donors (Lipinski definition) is 0. The highest BCUT2D eigenvalue weighted by Crippen LogP contribution is 2.31. The molecule has 1 aromatic carbocycles. The molecule has 1 aromatic heterocycles. The third kappa shape index (κ3) is 3.39. The predicted molar refractivity (Wildman–Crippen MR) is 94.4 cm³/mol. The summed E-state index contributed by atoms with van der Waals surface area (Å²) in [6.45, 7) is 2.42. The van der Waals surface area contributed by atoms with Gasteiger partial charge in [-0.3, -0.25) is 9.59 Å². The Morgan fingerprint density at radius 3 is 2.80 bits per heavy atom. The lowest BCUT2D eigenvalue weighted by molar-refractivity contribution is -0.132. The highest BCUT2D eigenvalue weighted by molar-refractivity contribution is 7.10. The molecule has 0 saturated carbocycles. The number of carbonyl (C=O) groups is 2. The molecule has 0 atom stereocenters. The van der Waals surface area contributed by atoms with Gasteiger partial charge in [0, 0.05) is 36.4 Å². The van der Waals surface area contributed by atoms with Crippen molar-refractivity contribution in [3.8, 4) is 11.5 Å². The first-order valence-electron chi connectivity index (χ1n) is 8.46. The van der Waals surface area contributed by atoms with Gasteiger partial charge in [0.05, 0.1) is 0 Å². The summed E-state index contributed by atoms with van der Waals surface area (Å²) in [5.74, 6) is 1.27. The van der Waals surface area contributed by atoms with Crippen LogP contribution in [0.25, 0.3) is 0 Å². The summed E-state index contributed by atoms with van der Waals surface area (Å²) >= 11 is 1.75. The van der Waals surface area contributed by atoms with Gasteiger partial charge in [-0.2, -0.15) is 0 Å². The second-order valence-electron chi connectivity index (χ2n) is 6.22. The van der Waals surface area contributed by atoms with Crippen LogP contribution in [0.5, 0.6) is 11.5 Å². The zero-order valence-corrected chi connectivity index (χ0v) is 14.6. The van der Waals surface area contributed by atoms with E-state index in [0.29, 0.717) is 36.8 Å². The molecule has 0 radical (unpaired) electrons. The van der Waals surface area contributed by atoms with Crippen molar-refractivity contribution in [2.45, 2.75) is 25.8 Å². The van der Waals surface area contributed by atoms with E-state index in [1.165, 1.54) is 10.4 Å². The van der Waals surface area contributed by atoms with Crippen molar-refractivity contribution in [2.24, 2.45) is 0 Å². The molecule has 0 unspecified atom stereocenters. The number of fused-ring (bicyclic) bond motifs is 2. The van der Waals surface area contributed by atoms with Crippen molar-refractivity contribution in [3.63, 3.8) is 0 Å². The molecule has 0 aliphatic carbocycles. The molecule has 1 amide bonds. The Morgan fingerprint density at radius 2 is 1.92 bits per heavy atom. The molecule has 6 heteroatoms. The van der Waals surface area contributed by atoms with E-state index in [1.807, 2.05) is 4.90 Å². The normalized spacial score (nSPS) is 15.6. The number of Topliss-reactive ketones (excluding diaryl/α,β-unsaturated/α-hetero) is 1. The van der Waals surface area contributed by atoms with Crippen molar-refractivity contribution in [3.05, 3.63) is 45.6 Å². The van der Waals surface area contributed by atoms with Gasteiger partial charge in [0.25, 0.3) is 0 Å². The minimum Gasteiger partial charge on any atom is -0.486 e. The molecule has 0 N–H and O–H groups in total. The van der Waals surface area contributed by atoms with Crippen LogP contribution in [0.3, 0.4) is 0 Å². The minimum atomic E-state index is -0.0430. The number of thiophene rings is 1. The molecular weight excluding hydrogens is 338 g/mol. The Bertz CT molecular complexity index is 814. The first-order valence-corrected chi connectivity index (χ1v) is 9.34. The minimum absolute atomic E-state index is 0.0430. The molecule has 0 spiro atoms. The summed E-state index contributed by atoms with van der Waals surface area (Å²) in [6.07, 6.45) is 1.37. The molecule has 2 aliphatic heterocycles. The third-order valence-electron chi connectivity index (χ3n) is 4.59. The van der Waals surface area contributed by atoms with Gasteiger partial charge in [0.1, 0.15) is 13.2 Å². The molecule has 130 valence electrons. The number of benzene rings is 1. The van der Waals surface area contributed by atoms with E-state index in [4.69, 9.17) is 9.47 Å². The monoisotopic (exact) mass is 357 g/mol. The average Bonchev–Trinajstić information content (AvgIpc) is 3.13. The number of carbonyl (C=O) groups excluding carboxylic acids is 2. The topological polar surface area (TPSA) is 55.8 Å². The summed E-state index contributed by atoms with van der Waals surface area (Å²) in [5, 5.41) is 2.07. The zero-order valence-electron chi connectivity index (χ0n) is 13.8. The van der Waals surface area contributed by atoms with E-state index >= 15 is 0 Å². The van der Waals surface area contributed by atoms with Crippen LogP contribution in [-0.2, 0) is 17.8 Å². The lowest BCUT2D eigenvalue weighted by atomic mass is 10.0. The first-order chi connectivity index (χ1) is 12.2. The molecule has 25 heavy (non-hydrogen) atoms. The molecule has 0 fully saturated rings. The van der Waals surface area contributed by atoms with E-state index < -0.39 is 0 Å². The Hall–Kier alpha value is -2.34. The van der Waals surface area contributed by atoms with Gasteiger partial charge in [-0.1, -0.05) is 0 Å². The van der Waals surface area contributed by atoms with Crippen LogP contribution < -0.4 is 9.47 Å². The molecule has 2 aliphatic rings. The van der Waals surface area contributed by atoms with Crippen LogP contribution in [0.4, 0.5) is 0 Å². The van der Waals surface area contributed by atoms with Gasteiger partial charge in [-0.05, 0) is 41.6 Å². The van der Waals surface area contributed by atoms with Crippen LogP contribution in [0.1, 0.15) is 33.6 Å². The largest absolute Gasteiger partial charge is 0.486 e. The zero-order chi connectivity index (χ0) is 17.2. The van der Waals surface area contributed by atoms with Crippen molar-refractivity contribution >= 4 is 23.0 Å². The van der Waals surface area contributed by atoms with Gasteiger partial charge in [-0.25, -0.2) is 0 Å². The number of ether oxygens (including phenoxy) is 2. The second-order valence-corrected chi connectivity index (χ2v) is 7.22. The summed E-state index contributed by atoms with van der Waals surface area (Å²) in [7, 11) is 0. The highest BCUT2D eigenvalue weighted by atomic mass is 32.1. The third-order valence-corrected chi connectivity index (χ3v) is 5.61. The van der Waals surface area contributed by atoms with Gasteiger partial charge in [-0.15, -0.1) is 11.3 Å². The molecule has 2 aromatic rings. The Labute approximate surface area is 150 Å². The van der Waals surface area contributed by atoms with Crippen molar-refractivity contribution in [1.82, 2.24) is 4.90 Å². The fourth-order valence-corrected chi connectivity index (χ4v) is 4.09. The number of hydrogen-bond acceptors (Lipinski definition) is 5. The first kappa shape index (κ1) is 16.1. The highest BCUT2D eigenvalue weighted by Gasteiger charge is 2.22. The molecule has 3 heterocycles. The second kappa shape index (κ2) is 6.88. The summed E-state index contributed by atoms with van der Waals surface area (Å²) in [4.78, 5) is 28.1. The average molecular weight is 357 g/mol. The lowest BCUT2D eigenvalue weighted by Crippen LogP contribution is -2.35. The number of amides is 1. The fourth-order valence-electron chi connectivity index (χ4n) is 3.20. The molecule has 5 nitrogen and oxygen atoms in total. The molecular formula is C19H19NO4S. The van der Waals surface area contributed by atoms with Crippen LogP contribution in [0.2, 0.25) is 0 Å². The van der Waals surface area contributed by atoms with Crippen LogP contribution in [0, 0.1) is 0 Å². The van der Waals surface area contributed by atoms with E-state index in [2.05, 4.69) is 11.4 Å². The quantitative estimate of drug-likeness (QED) is 0.789. The predicted octanol–water partition coefficient (Wildman–Crippen LogP) is 3.07. The summed E-state index contributed by atoms with van der Waals surface area (Å²) in [6, 6.07) is 7.28. The maximum Gasteiger partial charge on any atom is 0.223 e. The Morgan fingerprint density at radius 1 is 1.08 bits per heavy atom. The van der Waals surface area contributed by atoms with Gasteiger partial charge >= 0.3 is 0 Å². The van der Waals surface area contributed by atoms with Crippen molar-refractivity contribution in [2.75, 3.05) is 19.8 Å². The van der Waals surface area contributed by atoms with E-state index in [9.17, 15) is 9.59 Å².